The van der Waals surface area contributed by atoms with Gasteiger partial charge in [0.05, 0.1) is 6.42 Å². The van der Waals surface area contributed by atoms with Gasteiger partial charge in [0, 0.05) is 0 Å². The van der Waals surface area contributed by atoms with Gasteiger partial charge in [0.15, 0.2) is 0 Å². The maximum absolute atomic E-state index is 11.3. The van der Waals surface area contributed by atoms with E-state index in [1.165, 1.54) is 0 Å². The SMILES string of the molecule is C=CCOC(=O)C[C@H](/C=C/CC)CC=C. The Bertz CT molecular complexity index is 229. The quantitative estimate of drug-likeness (QED) is 0.452. The summed E-state index contributed by atoms with van der Waals surface area (Å²) in [6.45, 7) is 9.52. The molecule has 0 fully saturated rings. The highest BCUT2D eigenvalue weighted by Gasteiger charge is 2.10. The molecule has 0 amide bonds. The molecule has 0 aliphatic heterocycles. The molecule has 84 valence electrons. The summed E-state index contributed by atoms with van der Waals surface area (Å²) in [4.78, 5) is 11.3. The molecule has 15 heavy (non-hydrogen) atoms. The molecular formula is C13H20O2. The van der Waals surface area contributed by atoms with Crippen molar-refractivity contribution in [3.63, 3.8) is 0 Å². The summed E-state index contributed by atoms with van der Waals surface area (Å²) >= 11 is 0. The van der Waals surface area contributed by atoms with Crippen molar-refractivity contribution in [1.82, 2.24) is 0 Å². The molecule has 1 atom stereocenters. The zero-order valence-corrected chi connectivity index (χ0v) is 9.45. The predicted molar refractivity (Wildman–Crippen MR) is 63.5 cm³/mol. The molecule has 0 rings (SSSR count). The maximum atomic E-state index is 11.3. The van der Waals surface area contributed by atoms with Gasteiger partial charge >= 0.3 is 5.97 Å². The largest absolute Gasteiger partial charge is 0.461 e. The lowest BCUT2D eigenvalue weighted by atomic mass is 10.0. The van der Waals surface area contributed by atoms with Crippen LogP contribution in [0.1, 0.15) is 26.2 Å². The smallest absolute Gasteiger partial charge is 0.306 e. The minimum Gasteiger partial charge on any atom is -0.461 e. The molecule has 2 nitrogen and oxygen atoms in total. The summed E-state index contributed by atoms with van der Waals surface area (Å²) in [7, 11) is 0. The highest BCUT2D eigenvalue weighted by atomic mass is 16.5. The first kappa shape index (κ1) is 13.7. The van der Waals surface area contributed by atoms with Crippen LogP contribution in [0.15, 0.2) is 37.5 Å². The molecule has 0 saturated heterocycles. The second-order valence-corrected chi connectivity index (χ2v) is 3.30. The highest BCUT2D eigenvalue weighted by molar-refractivity contribution is 5.70. The molecule has 0 aliphatic carbocycles. The first-order chi connectivity index (χ1) is 7.24. The van der Waals surface area contributed by atoms with E-state index >= 15 is 0 Å². The van der Waals surface area contributed by atoms with Crippen molar-refractivity contribution < 1.29 is 9.53 Å². The van der Waals surface area contributed by atoms with Gasteiger partial charge in [-0.1, -0.05) is 37.8 Å². The summed E-state index contributed by atoms with van der Waals surface area (Å²) in [5, 5.41) is 0. The van der Waals surface area contributed by atoms with Crippen LogP contribution in [-0.2, 0) is 9.53 Å². The van der Waals surface area contributed by atoms with Gasteiger partial charge in [-0.05, 0) is 18.8 Å². The van der Waals surface area contributed by atoms with Crippen molar-refractivity contribution in [3.8, 4) is 0 Å². The first-order valence-electron chi connectivity index (χ1n) is 5.28. The van der Waals surface area contributed by atoms with E-state index in [0.29, 0.717) is 6.42 Å². The molecule has 2 heteroatoms. The highest BCUT2D eigenvalue weighted by Crippen LogP contribution is 2.12. The van der Waals surface area contributed by atoms with Gasteiger partial charge in [0.2, 0.25) is 0 Å². The van der Waals surface area contributed by atoms with Crippen LogP contribution in [0.4, 0.5) is 0 Å². The Morgan fingerprint density at radius 2 is 2.13 bits per heavy atom. The van der Waals surface area contributed by atoms with Crippen molar-refractivity contribution >= 4 is 5.97 Å². The normalized spacial score (nSPS) is 12.3. The molecule has 0 aliphatic rings. The van der Waals surface area contributed by atoms with E-state index in [4.69, 9.17) is 4.74 Å². The molecule has 0 saturated carbocycles. The Hall–Kier alpha value is -1.31. The summed E-state index contributed by atoms with van der Waals surface area (Å²) in [5.41, 5.74) is 0. The number of hydrogen-bond acceptors (Lipinski definition) is 2. The monoisotopic (exact) mass is 208 g/mol. The van der Waals surface area contributed by atoms with Crippen molar-refractivity contribution in [2.24, 2.45) is 5.92 Å². The molecule has 0 aromatic heterocycles. The number of rotatable bonds is 8. The van der Waals surface area contributed by atoms with Crippen molar-refractivity contribution in [2.75, 3.05) is 6.61 Å². The zero-order chi connectivity index (χ0) is 11.5. The summed E-state index contributed by atoms with van der Waals surface area (Å²) in [6, 6.07) is 0. The first-order valence-corrected chi connectivity index (χ1v) is 5.28. The third-order valence-electron chi connectivity index (χ3n) is 1.90. The number of esters is 1. The lowest BCUT2D eigenvalue weighted by Crippen LogP contribution is -2.09. The Labute approximate surface area is 92.3 Å². The van der Waals surface area contributed by atoms with E-state index in [9.17, 15) is 4.79 Å². The van der Waals surface area contributed by atoms with E-state index in [2.05, 4.69) is 32.2 Å². The Morgan fingerprint density at radius 1 is 1.40 bits per heavy atom. The molecular weight excluding hydrogens is 188 g/mol. The lowest BCUT2D eigenvalue weighted by molar-refractivity contribution is -0.143. The summed E-state index contributed by atoms with van der Waals surface area (Å²) in [6.07, 6.45) is 9.71. The van der Waals surface area contributed by atoms with Gasteiger partial charge in [-0.25, -0.2) is 0 Å². The number of carbonyl (C=O) groups is 1. The Balaban J connectivity index is 4.02. The van der Waals surface area contributed by atoms with E-state index in [0.717, 1.165) is 12.8 Å². The van der Waals surface area contributed by atoms with Gasteiger partial charge in [-0.3, -0.25) is 4.79 Å². The fraction of sp³-hybridized carbons (Fsp3) is 0.462. The van der Waals surface area contributed by atoms with Crippen LogP contribution in [0.3, 0.4) is 0 Å². The number of ether oxygens (including phenoxy) is 1. The second-order valence-electron chi connectivity index (χ2n) is 3.30. The molecule has 0 N–H and O–H groups in total. The predicted octanol–water partition coefficient (Wildman–Crippen LogP) is 3.26. The van der Waals surface area contributed by atoms with Crippen LogP contribution < -0.4 is 0 Å². The van der Waals surface area contributed by atoms with Crippen LogP contribution in [0, 0.1) is 5.92 Å². The molecule has 0 unspecified atom stereocenters. The van der Waals surface area contributed by atoms with Gasteiger partial charge in [0.25, 0.3) is 0 Å². The maximum Gasteiger partial charge on any atom is 0.306 e. The molecule has 0 aromatic carbocycles. The minimum absolute atomic E-state index is 0.178. The number of hydrogen-bond donors (Lipinski definition) is 0. The second kappa shape index (κ2) is 9.25. The van der Waals surface area contributed by atoms with E-state index in [1.54, 1.807) is 6.08 Å². The average Bonchev–Trinajstić information content (AvgIpc) is 2.23. The van der Waals surface area contributed by atoms with Gasteiger partial charge in [-0.2, -0.15) is 0 Å². The van der Waals surface area contributed by atoms with Gasteiger partial charge < -0.3 is 4.74 Å². The third-order valence-corrected chi connectivity index (χ3v) is 1.90. The number of carbonyl (C=O) groups excluding carboxylic acids is 1. The fourth-order valence-electron chi connectivity index (χ4n) is 1.20. The van der Waals surface area contributed by atoms with Crippen LogP contribution in [0.25, 0.3) is 0 Å². The van der Waals surface area contributed by atoms with E-state index < -0.39 is 0 Å². The summed E-state index contributed by atoms with van der Waals surface area (Å²) in [5.74, 6) is 0.0299. The summed E-state index contributed by atoms with van der Waals surface area (Å²) < 4.78 is 4.92. The van der Waals surface area contributed by atoms with Gasteiger partial charge in [-0.15, -0.1) is 6.58 Å². The fourth-order valence-corrected chi connectivity index (χ4v) is 1.20. The topological polar surface area (TPSA) is 26.3 Å². The number of allylic oxidation sites excluding steroid dienone is 3. The van der Waals surface area contributed by atoms with Crippen molar-refractivity contribution in [2.45, 2.75) is 26.2 Å². The minimum atomic E-state index is -0.178. The standard InChI is InChI=1S/C13H20O2/c1-4-7-9-12(8-5-2)11-13(14)15-10-6-3/h5-7,9,12H,2-4,8,10-11H2,1H3/b9-7+/t12-/m0/s1. The molecule has 0 bridgehead atoms. The molecule has 0 heterocycles. The van der Waals surface area contributed by atoms with E-state index in [1.807, 2.05) is 6.08 Å². The van der Waals surface area contributed by atoms with E-state index in [-0.39, 0.29) is 18.5 Å². The Kier molecular flexibility index (Phi) is 8.44. The van der Waals surface area contributed by atoms with Crippen LogP contribution >= 0.6 is 0 Å². The zero-order valence-electron chi connectivity index (χ0n) is 9.45. The van der Waals surface area contributed by atoms with Crippen LogP contribution in [0.5, 0.6) is 0 Å². The third kappa shape index (κ3) is 7.74. The van der Waals surface area contributed by atoms with Crippen LogP contribution in [-0.4, -0.2) is 12.6 Å². The lowest BCUT2D eigenvalue weighted by Gasteiger charge is -2.09. The Morgan fingerprint density at radius 3 is 2.67 bits per heavy atom. The molecule has 0 spiro atoms. The average molecular weight is 208 g/mol. The van der Waals surface area contributed by atoms with Gasteiger partial charge in [0.1, 0.15) is 6.61 Å². The van der Waals surface area contributed by atoms with Crippen molar-refractivity contribution in [1.29, 1.82) is 0 Å². The molecule has 0 aromatic rings. The van der Waals surface area contributed by atoms with Crippen LogP contribution in [0.2, 0.25) is 0 Å². The molecule has 0 radical (unpaired) electrons. The van der Waals surface area contributed by atoms with Crippen molar-refractivity contribution in [3.05, 3.63) is 37.5 Å².